The number of nitrogens with zero attached hydrogens (tertiary/aromatic N) is 1. The fourth-order valence-electron chi connectivity index (χ4n) is 3.56. The van der Waals surface area contributed by atoms with Crippen molar-refractivity contribution < 1.29 is 9.59 Å². The number of halogens is 1. The van der Waals surface area contributed by atoms with E-state index in [1.54, 1.807) is 18.2 Å². The van der Waals surface area contributed by atoms with Gasteiger partial charge in [0, 0.05) is 28.6 Å². The lowest BCUT2D eigenvalue weighted by molar-refractivity contribution is -0.115. The second-order valence-electron chi connectivity index (χ2n) is 7.12. The highest BCUT2D eigenvalue weighted by molar-refractivity contribution is 8.00. The van der Waals surface area contributed by atoms with Crippen LogP contribution in [-0.4, -0.2) is 30.2 Å². The Balaban J connectivity index is 1.58. The second kappa shape index (κ2) is 8.05. The summed E-state index contributed by atoms with van der Waals surface area (Å²) in [7, 11) is 0. The summed E-state index contributed by atoms with van der Waals surface area (Å²) in [6.45, 7) is 3.82. The Kier molecular flexibility index (Phi) is 5.51. The van der Waals surface area contributed by atoms with Crippen molar-refractivity contribution in [3.8, 4) is 0 Å². The summed E-state index contributed by atoms with van der Waals surface area (Å²) >= 11 is 7.69. The van der Waals surface area contributed by atoms with Gasteiger partial charge in [0.15, 0.2) is 0 Å². The number of thioether (sulfide) groups is 1. The van der Waals surface area contributed by atoms with Crippen molar-refractivity contribution >= 4 is 52.2 Å². The third-order valence-corrected chi connectivity index (χ3v) is 6.49. The lowest BCUT2D eigenvalue weighted by atomic mass is 10.1. The Morgan fingerprint density at radius 2 is 1.96 bits per heavy atom. The maximum Gasteiger partial charge on any atom is 0.255 e. The minimum atomic E-state index is -0.221. The molecule has 2 aliphatic rings. The molecule has 2 aromatic carbocycles. The van der Waals surface area contributed by atoms with Crippen molar-refractivity contribution in [1.29, 1.82) is 0 Å². The van der Waals surface area contributed by atoms with Crippen LogP contribution < -0.4 is 15.5 Å². The molecule has 4 rings (SSSR count). The van der Waals surface area contributed by atoms with Crippen LogP contribution in [0.25, 0.3) is 0 Å². The highest BCUT2D eigenvalue weighted by Crippen LogP contribution is 2.36. The number of carbonyl (C=O) groups excluding carboxylic acids is 2. The average Bonchev–Trinajstić information content (AvgIpc) is 2.69. The monoisotopic (exact) mass is 415 g/mol. The van der Waals surface area contributed by atoms with Crippen molar-refractivity contribution in [2.45, 2.75) is 36.3 Å². The van der Waals surface area contributed by atoms with Crippen LogP contribution >= 0.6 is 23.4 Å². The summed E-state index contributed by atoms with van der Waals surface area (Å²) < 4.78 is 0. The molecule has 0 radical (unpaired) electrons. The van der Waals surface area contributed by atoms with Gasteiger partial charge >= 0.3 is 0 Å². The summed E-state index contributed by atoms with van der Waals surface area (Å²) in [4.78, 5) is 28.1. The zero-order chi connectivity index (χ0) is 19.7. The normalized spacial score (nSPS) is 19.0. The molecule has 0 aliphatic carbocycles. The summed E-state index contributed by atoms with van der Waals surface area (Å²) in [5, 5.41) is 6.33. The number of nitrogens with one attached hydrogen (secondary N) is 2. The number of anilines is 3. The van der Waals surface area contributed by atoms with Gasteiger partial charge in [-0.25, -0.2) is 0 Å². The molecule has 2 heterocycles. The molecule has 2 amide bonds. The van der Waals surface area contributed by atoms with Crippen molar-refractivity contribution in [1.82, 2.24) is 0 Å². The van der Waals surface area contributed by atoms with E-state index in [2.05, 4.69) is 15.5 Å². The minimum absolute atomic E-state index is 0.0442. The standard InChI is InChI=1S/C21H22ClN3O2S/c1-13-20(26)24-17-11-14(5-8-19(17)28-13)21(27)23-16-12-15(22)6-7-18(16)25-9-3-2-4-10-25/h5-8,11-13H,2-4,9-10H2,1H3,(H,23,27)(H,24,26). The summed E-state index contributed by atoms with van der Waals surface area (Å²) in [6.07, 6.45) is 3.54. The topological polar surface area (TPSA) is 61.4 Å². The minimum Gasteiger partial charge on any atom is -0.370 e. The number of carbonyl (C=O) groups is 2. The van der Waals surface area contributed by atoms with Gasteiger partial charge in [-0.2, -0.15) is 0 Å². The van der Waals surface area contributed by atoms with E-state index >= 15 is 0 Å². The van der Waals surface area contributed by atoms with Crippen molar-refractivity contribution in [2.24, 2.45) is 0 Å². The van der Waals surface area contributed by atoms with Gasteiger partial charge in [0.25, 0.3) is 5.91 Å². The Hall–Kier alpha value is -2.18. The number of benzene rings is 2. The molecule has 7 heteroatoms. The molecule has 0 saturated carbocycles. The fraction of sp³-hybridized carbons (Fsp3) is 0.333. The van der Waals surface area contributed by atoms with Crippen LogP contribution in [-0.2, 0) is 4.79 Å². The Morgan fingerprint density at radius 3 is 2.75 bits per heavy atom. The molecule has 1 atom stereocenters. The van der Waals surface area contributed by atoms with Crippen LogP contribution in [0.5, 0.6) is 0 Å². The molecule has 2 N–H and O–H groups in total. The predicted molar refractivity (Wildman–Crippen MR) is 116 cm³/mol. The SMILES string of the molecule is CC1Sc2ccc(C(=O)Nc3cc(Cl)ccc3N3CCCCC3)cc2NC1=O. The van der Waals surface area contributed by atoms with Gasteiger partial charge in [0.05, 0.1) is 22.3 Å². The quantitative estimate of drug-likeness (QED) is 0.739. The van der Waals surface area contributed by atoms with E-state index in [4.69, 9.17) is 11.6 Å². The first-order valence-corrected chi connectivity index (χ1v) is 10.7. The number of hydrogen-bond acceptors (Lipinski definition) is 4. The predicted octanol–water partition coefficient (Wildman–Crippen LogP) is 5.02. The molecule has 0 aromatic heterocycles. The van der Waals surface area contributed by atoms with E-state index in [-0.39, 0.29) is 17.1 Å². The van der Waals surface area contributed by atoms with Gasteiger partial charge in [-0.15, -0.1) is 11.8 Å². The number of amides is 2. The Labute approximate surface area is 173 Å². The molecule has 1 fully saturated rings. The molecule has 146 valence electrons. The highest BCUT2D eigenvalue weighted by atomic mass is 35.5. The third-order valence-electron chi connectivity index (χ3n) is 5.08. The van der Waals surface area contributed by atoms with Gasteiger partial charge in [-0.05, 0) is 62.6 Å². The van der Waals surface area contributed by atoms with Crippen LogP contribution in [0.15, 0.2) is 41.3 Å². The molecule has 5 nitrogen and oxygen atoms in total. The summed E-state index contributed by atoms with van der Waals surface area (Å²) in [5.41, 5.74) is 2.89. The van der Waals surface area contributed by atoms with Crippen molar-refractivity contribution in [3.63, 3.8) is 0 Å². The zero-order valence-corrected chi connectivity index (χ0v) is 17.2. The van der Waals surface area contributed by atoms with E-state index < -0.39 is 0 Å². The van der Waals surface area contributed by atoms with Gasteiger partial charge in [-0.1, -0.05) is 11.6 Å². The summed E-state index contributed by atoms with van der Waals surface area (Å²) in [5.74, 6) is -0.265. The summed E-state index contributed by atoms with van der Waals surface area (Å²) in [6, 6.07) is 11.0. The first-order valence-electron chi connectivity index (χ1n) is 9.49. The van der Waals surface area contributed by atoms with Crippen molar-refractivity contribution in [3.05, 3.63) is 47.0 Å². The lowest BCUT2D eigenvalue weighted by Gasteiger charge is -2.30. The fourth-order valence-corrected chi connectivity index (χ4v) is 4.67. The van der Waals surface area contributed by atoms with Crippen LogP contribution in [0.1, 0.15) is 36.5 Å². The largest absolute Gasteiger partial charge is 0.370 e. The Bertz CT molecular complexity index is 928. The highest BCUT2D eigenvalue weighted by Gasteiger charge is 2.24. The Morgan fingerprint density at radius 1 is 1.18 bits per heavy atom. The van der Waals surface area contributed by atoms with E-state index in [1.165, 1.54) is 18.2 Å². The zero-order valence-electron chi connectivity index (χ0n) is 15.6. The van der Waals surface area contributed by atoms with Crippen LogP contribution in [0.2, 0.25) is 5.02 Å². The number of rotatable bonds is 3. The van der Waals surface area contributed by atoms with Gasteiger partial charge in [0.2, 0.25) is 5.91 Å². The molecular weight excluding hydrogens is 394 g/mol. The molecule has 28 heavy (non-hydrogen) atoms. The second-order valence-corrected chi connectivity index (χ2v) is 8.94. The first kappa shape index (κ1) is 19.2. The number of hydrogen-bond donors (Lipinski definition) is 2. The van der Waals surface area contributed by atoms with E-state index in [9.17, 15) is 9.59 Å². The van der Waals surface area contributed by atoms with E-state index in [0.717, 1.165) is 36.5 Å². The number of fused-ring (bicyclic) bond motifs is 1. The molecule has 0 bridgehead atoms. The smallest absolute Gasteiger partial charge is 0.255 e. The lowest BCUT2D eigenvalue weighted by Crippen LogP contribution is -2.30. The van der Waals surface area contributed by atoms with E-state index in [1.807, 2.05) is 25.1 Å². The average molecular weight is 416 g/mol. The van der Waals surface area contributed by atoms with Crippen LogP contribution in [0.3, 0.4) is 0 Å². The van der Waals surface area contributed by atoms with Crippen LogP contribution in [0, 0.1) is 0 Å². The molecule has 2 aliphatic heterocycles. The molecule has 2 aromatic rings. The van der Waals surface area contributed by atoms with Gasteiger partial charge < -0.3 is 15.5 Å². The van der Waals surface area contributed by atoms with Gasteiger partial charge in [-0.3, -0.25) is 9.59 Å². The third kappa shape index (κ3) is 3.98. The first-order chi connectivity index (χ1) is 13.5. The maximum atomic E-state index is 12.9. The molecule has 1 unspecified atom stereocenters. The molecule has 1 saturated heterocycles. The van der Waals surface area contributed by atoms with Crippen LogP contribution in [0.4, 0.5) is 17.1 Å². The van der Waals surface area contributed by atoms with E-state index in [0.29, 0.717) is 22.0 Å². The van der Waals surface area contributed by atoms with Gasteiger partial charge in [0.1, 0.15) is 0 Å². The molecular formula is C21H22ClN3O2S. The number of piperidine rings is 1. The molecule has 0 spiro atoms. The maximum absolute atomic E-state index is 12.9. The van der Waals surface area contributed by atoms with Crippen molar-refractivity contribution in [2.75, 3.05) is 28.6 Å².